The molecule has 0 amide bonds. The van der Waals surface area contributed by atoms with Crippen molar-refractivity contribution in [1.29, 1.82) is 0 Å². The third-order valence-electron chi connectivity index (χ3n) is 2.26. The molecule has 1 rings (SSSR count). The van der Waals surface area contributed by atoms with Gasteiger partial charge in [0, 0.05) is 6.54 Å². The van der Waals surface area contributed by atoms with Crippen molar-refractivity contribution in [2.45, 2.75) is 26.8 Å². The maximum Gasteiger partial charge on any atom is 0.0626 e. The molecule has 2 nitrogen and oxygen atoms in total. The first-order valence-corrected chi connectivity index (χ1v) is 5.42. The molecule has 2 heteroatoms. The number of benzene rings is 1. The Bertz CT molecular complexity index is 276. The predicted molar refractivity (Wildman–Crippen MR) is 63.7 cm³/mol. The van der Waals surface area contributed by atoms with E-state index < -0.39 is 0 Å². The van der Waals surface area contributed by atoms with Crippen LogP contribution in [0.15, 0.2) is 30.3 Å². The molecule has 0 aliphatic heterocycles. The number of nitrogens with one attached hydrogen (secondary N) is 1. The van der Waals surface area contributed by atoms with E-state index in [2.05, 4.69) is 26.1 Å². The van der Waals surface area contributed by atoms with Gasteiger partial charge in [-0.1, -0.05) is 51.1 Å². The maximum absolute atomic E-state index is 9.31. The van der Waals surface area contributed by atoms with Crippen molar-refractivity contribution >= 4 is 0 Å². The highest BCUT2D eigenvalue weighted by molar-refractivity contribution is 5.18. The van der Waals surface area contributed by atoms with Crippen LogP contribution < -0.4 is 5.32 Å². The molecule has 1 unspecified atom stereocenters. The standard InChI is InChI=1S/C13H21NO/c1-13(2,3)10-14-12(9-15)11-7-5-4-6-8-11/h4-8,12,14-15H,9-10H2,1-3H3. The summed E-state index contributed by atoms with van der Waals surface area (Å²) in [4.78, 5) is 0. The monoisotopic (exact) mass is 207 g/mol. The molecular formula is C13H21NO. The van der Waals surface area contributed by atoms with E-state index in [1.165, 1.54) is 0 Å². The molecule has 0 spiro atoms. The predicted octanol–water partition coefficient (Wildman–Crippen LogP) is 2.36. The Morgan fingerprint density at radius 3 is 2.27 bits per heavy atom. The summed E-state index contributed by atoms with van der Waals surface area (Å²) in [6.45, 7) is 7.57. The van der Waals surface area contributed by atoms with Gasteiger partial charge in [0.1, 0.15) is 0 Å². The van der Waals surface area contributed by atoms with Gasteiger partial charge in [0.25, 0.3) is 0 Å². The molecule has 2 N–H and O–H groups in total. The minimum Gasteiger partial charge on any atom is -0.394 e. The highest BCUT2D eigenvalue weighted by atomic mass is 16.3. The number of rotatable bonds is 4. The van der Waals surface area contributed by atoms with Crippen molar-refractivity contribution in [1.82, 2.24) is 5.32 Å². The summed E-state index contributed by atoms with van der Waals surface area (Å²) in [5.74, 6) is 0. The molecule has 0 saturated heterocycles. The van der Waals surface area contributed by atoms with Gasteiger partial charge in [-0.15, -0.1) is 0 Å². The van der Waals surface area contributed by atoms with E-state index in [-0.39, 0.29) is 18.1 Å². The highest BCUT2D eigenvalue weighted by Gasteiger charge is 2.14. The summed E-state index contributed by atoms with van der Waals surface area (Å²) in [6.07, 6.45) is 0. The maximum atomic E-state index is 9.31. The van der Waals surface area contributed by atoms with Gasteiger partial charge in [-0.05, 0) is 11.0 Å². The van der Waals surface area contributed by atoms with Crippen LogP contribution in [-0.4, -0.2) is 18.3 Å². The second-order valence-electron chi connectivity index (χ2n) is 5.09. The molecule has 84 valence electrons. The third kappa shape index (κ3) is 4.45. The summed E-state index contributed by atoms with van der Waals surface area (Å²) in [6, 6.07) is 10.1. The van der Waals surface area contributed by atoms with Gasteiger partial charge in [-0.3, -0.25) is 0 Å². The van der Waals surface area contributed by atoms with Gasteiger partial charge >= 0.3 is 0 Å². The second kappa shape index (κ2) is 5.29. The summed E-state index contributed by atoms with van der Waals surface area (Å²) in [5, 5.41) is 12.7. The average molecular weight is 207 g/mol. The van der Waals surface area contributed by atoms with Crippen molar-refractivity contribution in [3.05, 3.63) is 35.9 Å². The topological polar surface area (TPSA) is 32.3 Å². The molecule has 1 atom stereocenters. The van der Waals surface area contributed by atoms with Gasteiger partial charge in [-0.25, -0.2) is 0 Å². The Morgan fingerprint density at radius 1 is 1.20 bits per heavy atom. The molecule has 0 saturated carbocycles. The fourth-order valence-electron chi connectivity index (χ4n) is 1.40. The van der Waals surface area contributed by atoms with Crippen LogP contribution in [0, 0.1) is 5.41 Å². The van der Waals surface area contributed by atoms with Crippen LogP contribution in [0.1, 0.15) is 32.4 Å². The molecule has 0 radical (unpaired) electrons. The molecule has 0 heterocycles. The van der Waals surface area contributed by atoms with Crippen LogP contribution in [0.3, 0.4) is 0 Å². The average Bonchev–Trinajstić information content (AvgIpc) is 2.19. The lowest BCUT2D eigenvalue weighted by molar-refractivity contribution is 0.229. The first-order chi connectivity index (χ1) is 7.03. The van der Waals surface area contributed by atoms with Crippen molar-refractivity contribution < 1.29 is 5.11 Å². The van der Waals surface area contributed by atoms with Crippen molar-refractivity contribution in [2.75, 3.05) is 13.2 Å². The van der Waals surface area contributed by atoms with Crippen molar-refractivity contribution in [3.63, 3.8) is 0 Å². The Morgan fingerprint density at radius 2 is 1.80 bits per heavy atom. The molecule has 0 bridgehead atoms. The van der Waals surface area contributed by atoms with Gasteiger partial charge in [0.15, 0.2) is 0 Å². The van der Waals surface area contributed by atoms with Crippen LogP contribution in [0.5, 0.6) is 0 Å². The van der Waals surface area contributed by atoms with E-state index >= 15 is 0 Å². The van der Waals surface area contributed by atoms with Crippen molar-refractivity contribution in [2.24, 2.45) is 5.41 Å². The summed E-state index contributed by atoms with van der Waals surface area (Å²) >= 11 is 0. The minimum absolute atomic E-state index is 0.0467. The fraction of sp³-hybridized carbons (Fsp3) is 0.538. The molecule has 0 fully saturated rings. The Kier molecular flexibility index (Phi) is 4.30. The largest absolute Gasteiger partial charge is 0.394 e. The smallest absolute Gasteiger partial charge is 0.0626 e. The Labute approximate surface area is 92.3 Å². The lowest BCUT2D eigenvalue weighted by Crippen LogP contribution is -2.32. The third-order valence-corrected chi connectivity index (χ3v) is 2.26. The lowest BCUT2D eigenvalue weighted by atomic mass is 9.96. The molecular weight excluding hydrogens is 186 g/mol. The van der Waals surface area contributed by atoms with Crippen LogP contribution in [-0.2, 0) is 0 Å². The van der Waals surface area contributed by atoms with Gasteiger partial charge < -0.3 is 10.4 Å². The zero-order chi connectivity index (χ0) is 11.3. The zero-order valence-electron chi connectivity index (χ0n) is 9.83. The van der Waals surface area contributed by atoms with Gasteiger partial charge in [0.05, 0.1) is 12.6 Å². The number of hydrogen-bond donors (Lipinski definition) is 2. The number of hydrogen-bond acceptors (Lipinski definition) is 2. The Hall–Kier alpha value is -0.860. The minimum atomic E-state index is 0.0467. The molecule has 0 aliphatic rings. The number of aliphatic hydroxyl groups excluding tert-OH is 1. The molecule has 15 heavy (non-hydrogen) atoms. The number of aliphatic hydroxyl groups is 1. The molecule has 1 aromatic carbocycles. The fourth-order valence-corrected chi connectivity index (χ4v) is 1.40. The second-order valence-corrected chi connectivity index (χ2v) is 5.09. The molecule has 0 aromatic heterocycles. The summed E-state index contributed by atoms with van der Waals surface area (Å²) in [5.41, 5.74) is 1.38. The summed E-state index contributed by atoms with van der Waals surface area (Å²) < 4.78 is 0. The normalized spacial score (nSPS) is 13.9. The van der Waals surface area contributed by atoms with E-state index in [0.717, 1.165) is 12.1 Å². The highest BCUT2D eigenvalue weighted by Crippen LogP contribution is 2.16. The zero-order valence-corrected chi connectivity index (χ0v) is 9.83. The van der Waals surface area contributed by atoms with Crippen LogP contribution in [0.25, 0.3) is 0 Å². The van der Waals surface area contributed by atoms with Crippen LogP contribution in [0.4, 0.5) is 0 Å². The van der Waals surface area contributed by atoms with Crippen LogP contribution in [0.2, 0.25) is 0 Å². The van der Waals surface area contributed by atoms with Crippen LogP contribution >= 0.6 is 0 Å². The summed E-state index contributed by atoms with van der Waals surface area (Å²) in [7, 11) is 0. The lowest BCUT2D eigenvalue weighted by Gasteiger charge is -2.24. The van der Waals surface area contributed by atoms with Crippen molar-refractivity contribution in [3.8, 4) is 0 Å². The molecule has 1 aromatic rings. The quantitative estimate of drug-likeness (QED) is 0.794. The van der Waals surface area contributed by atoms with E-state index in [4.69, 9.17) is 0 Å². The SMILES string of the molecule is CC(C)(C)CNC(CO)c1ccccc1. The van der Waals surface area contributed by atoms with E-state index in [9.17, 15) is 5.11 Å². The first-order valence-electron chi connectivity index (χ1n) is 5.42. The first kappa shape index (κ1) is 12.2. The Balaban J connectivity index is 2.58. The van der Waals surface area contributed by atoms with E-state index in [0.29, 0.717) is 0 Å². The molecule has 0 aliphatic carbocycles. The van der Waals surface area contributed by atoms with Gasteiger partial charge in [0.2, 0.25) is 0 Å². The van der Waals surface area contributed by atoms with E-state index in [1.54, 1.807) is 0 Å². The van der Waals surface area contributed by atoms with E-state index in [1.807, 2.05) is 30.3 Å². The van der Waals surface area contributed by atoms with Gasteiger partial charge in [-0.2, -0.15) is 0 Å².